The second-order valence-corrected chi connectivity index (χ2v) is 8.82. The minimum atomic E-state index is -0.310. The number of nitrogens with two attached hydrogens (primary N) is 1. The third kappa shape index (κ3) is 3.75. The van der Waals surface area contributed by atoms with E-state index in [0.29, 0.717) is 37.3 Å². The maximum atomic E-state index is 13.0. The van der Waals surface area contributed by atoms with Gasteiger partial charge >= 0.3 is 0 Å². The zero-order valence-corrected chi connectivity index (χ0v) is 18.6. The number of nitrogens with one attached hydrogen (secondary N) is 1. The quantitative estimate of drug-likeness (QED) is 0.302. The molecule has 0 radical (unpaired) electrons. The van der Waals surface area contributed by atoms with E-state index >= 15 is 0 Å². The number of hydrogen-bond donors (Lipinski definition) is 2. The van der Waals surface area contributed by atoms with Crippen LogP contribution >= 0.6 is 22.9 Å². The Morgan fingerprint density at radius 2 is 1.91 bits per heavy atom. The van der Waals surface area contributed by atoms with Crippen molar-refractivity contribution >= 4 is 50.4 Å². The smallest absolute Gasteiger partial charge is 0.267 e. The average Bonchev–Trinajstić information content (AvgIpc) is 3.42. The summed E-state index contributed by atoms with van der Waals surface area (Å²) >= 11 is 7.30. The van der Waals surface area contributed by atoms with Crippen LogP contribution in [0.1, 0.15) is 15.2 Å². The molecule has 0 saturated carbocycles. The molecule has 7 heteroatoms. The van der Waals surface area contributed by atoms with E-state index in [4.69, 9.17) is 26.7 Å². The number of thiophene rings is 1. The number of pyridine rings is 1. The largest absolute Gasteiger partial charge is 0.464 e. The van der Waals surface area contributed by atoms with Crippen molar-refractivity contribution in [3.8, 4) is 22.6 Å². The second kappa shape index (κ2) is 8.15. The number of amides is 1. The van der Waals surface area contributed by atoms with Gasteiger partial charge in [-0.15, -0.1) is 11.3 Å². The fraction of sp³-hybridized carbons (Fsp3) is 0.0400. The molecule has 2 aromatic carbocycles. The summed E-state index contributed by atoms with van der Waals surface area (Å²) in [6.45, 7) is 2.04. The van der Waals surface area contributed by atoms with Crippen LogP contribution in [0.2, 0.25) is 5.02 Å². The number of fused-ring (bicyclic) bond motifs is 1. The van der Waals surface area contributed by atoms with Gasteiger partial charge in [0.1, 0.15) is 15.5 Å². The van der Waals surface area contributed by atoms with Crippen molar-refractivity contribution in [3.63, 3.8) is 0 Å². The number of aryl methyl sites for hydroxylation is 1. The Hall–Kier alpha value is -3.61. The second-order valence-electron chi connectivity index (χ2n) is 7.39. The molecule has 3 aromatic heterocycles. The van der Waals surface area contributed by atoms with Crippen molar-refractivity contribution in [2.75, 3.05) is 11.1 Å². The van der Waals surface area contributed by atoms with Crippen LogP contribution in [0.4, 0.5) is 11.4 Å². The normalized spacial score (nSPS) is 11.1. The van der Waals surface area contributed by atoms with Crippen LogP contribution in [0.5, 0.6) is 0 Å². The van der Waals surface area contributed by atoms with Gasteiger partial charge in [0.2, 0.25) is 0 Å². The summed E-state index contributed by atoms with van der Waals surface area (Å²) < 4.78 is 5.68. The fourth-order valence-electron chi connectivity index (χ4n) is 3.54. The van der Waals surface area contributed by atoms with Gasteiger partial charge in [0, 0.05) is 27.2 Å². The molecule has 0 saturated heterocycles. The number of benzene rings is 2. The molecule has 5 aromatic rings. The van der Waals surface area contributed by atoms with Gasteiger partial charge in [0.15, 0.2) is 0 Å². The average molecular weight is 460 g/mol. The summed E-state index contributed by atoms with van der Waals surface area (Å²) in [5.74, 6) is 0.354. The SMILES string of the molecule is Cc1ccc(-c2cc(-c3ccco3)c3c(N)c(C(=O)Nc4cccc(Cl)c4)sc3n2)cc1. The van der Waals surface area contributed by atoms with Gasteiger partial charge in [-0.05, 0) is 43.3 Å². The van der Waals surface area contributed by atoms with Gasteiger partial charge in [-0.3, -0.25) is 4.79 Å². The zero-order valence-electron chi connectivity index (χ0n) is 17.1. The first kappa shape index (κ1) is 20.3. The first-order valence-electron chi connectivity index (χ1n) is 9.90. The topological polar surface area (TPSA) is 81.1 Å². The molecule has 3 heterocycles. The highest BCUT2D eigenvalue weighted by Crippen LogP contribution is 2.41. The molecule has 32 heavy (non-hydrogen) atoms. The van der Waals surface area contributed by atoms with Crippen molar-refractivity contribution in [2.45, 2.75) is 6.92 Å². The number of aromatic nitrogens is 1. The molecule has 0 bridgehead atoms. The molecule has 3 N–H and O–H groups in total. The van der Waals surface area contributed by atoms with Gasteiger partial charge in [0.25, 0.3) is 5.91 Å². The Bertz CT molecular complexity index is 1440. The van der Waals surface area contributed by atoms with Crippen LogP contribution in [-0.2, 0) is 0 Å². The Morgan fingerprint density at radius 1 is 1.09 bits per heavy atom. The molecule has 158 valence electrons. The highest BCUT2D eigenvalue weighted by Gasteiger charge is 2.22. The fourth-order valence-corrected chi connectivity index (χ4v) is 4.75. The molecule has 0 aliphatic rings. The Morgan fingerprint density at radius 3 is 2.62 bits per heavy atom. The highest BCUT2D eigenvalue weighted by molar-refractivity contribution is 7.21. The molecule has 5 nitrogen and oxygen atoms in total. The zero-order chi connectivity index (χ0) is 22.2. The maximum Gasteiger partial charge on any atom is 0.267 e. The van der Waals surface area contributed by atoms with E-state index in [1.807, 2.05) is 49.4 Å². The number of nitrogens with zero attached hydrogens (tertiary/aromatic N) is 1. The molecule has 0 fully saturated rings. The number of furan rings is 1. The van der Waals surface area contributed by atoms with E-state index in [1.165, 1.54) is 16.9 Å². The number of nitrogen functional groups attached to an aromatic ring is 1. The molecule has 0 aliphatic carbocycles. The minimum absolute atomic E-state index is 0.310. The molecule has 0 unspecified atom stereocenters. The van der Waals surface area contributed by atoms with Gasteiger partial charge in [-0.25, -0.2) is 4.98 Å². The number of hydrogen-bond acceptors (Lipinski definition) is 5. The van der Waals surface area contributed by atoms with Crippen LogP contribution in [0, 0.1) is 6.92 Å². The highest BCUT2D eigenvalue weighted by atomic mass is 35.5. The number of halogens is 1. The molecule has 5 rings (SSSR count). The van der Waals surface area contributed by atoms with E-state index in [0.717, 1.165) is 16.8 Å². The van der Waals surface area contributed by atoms with Crippen LogP contribution in [0.3, 0.4) is 0 Å². The standard InChI is InChI=1S/C25H18ClN3O2S/c1-14-7-9-15(10-8-14)19-13-18(20-6-3-11-31-20)21-22(27)23(32-25(21)29-19)24(30)28-17-5-2-4-16(26)12-17/h2-13H,27H2,1H3,(H,28,30). The summed E-state index contributed by atoms with van der Waals surface area (Å²) in [5, 5.41) is 4.11. The number of carbonyl (C=O) groups is 1. The molecule has 0 spiro atoms. The molecular formula is C25H18ClN3O2S. The Kier molecular flexibility index (Phi) is 5.17. The van der Waals surface area contributed by atoms with Crippen LogP contribution in [0.15, 0.2) is 77.4 Å². The van der Waals surface area contributed by atoms with Crippen molar-refractivity contribution in [2.24, 2.45) is 0 Å². The third-order valence-electron chi connectivity index (χ3n) is 5.12. The van der Waals surface area contributed by atoms with Crippen LogP contribution in [-0.4, -0.2) is 10.9 Å². The predicted molar refractivity (Wildman–Crippen MR) is 131 cm³/mol. The van der Waals surface area contributed by atoms with Crippen molar-refractivity contribution in [1.29, 1.82) is 0 Å². The molecule has 0 aliphatic heterocycles. The Labute approximate surface area is 193 Å². The van der Waals surface area contributed by atoms with Crippen molar-refractivity contribution in [1.82, 2.24) is 4.98 Å². The van der Waals surface area contributed by atoms with Gasteiger partial charge < -0.3 is 15.5 Å². The maximum absolute atomic E-state index is 13.0. The summed E-state index contributed by atoms with van der Waals surface area (Å²) in [6, 6.07) is 20.8. The van der Waals surface area contributed by atoms with Crippen LogP contribution < -0.4 is 11.1 Å². The van der Waals surface area contributed by atoms with Gasteiger partial charge in [-0.2, -0.15) is 0 Å². The van der Waals surface area contributed by atoms with Gasteiger partial charge in [0.05, 0.1) is 17.6 Å². The van der Waals surface area contributed by atoms with Crippen LogP contribution in [0.25, 0.3) is 32.8 Å². The molecule has 1 amide bonds. The molecular weight excluding hydrogens is 442 g/mol. The van der Waals surface area contributed by atoms with E-state index in [9.17, 15) is 4.79 Å². The number of carbonyl (C=O) groups excluding carboxylic acids is 1. The lowest BCUT2D eigenvalue weighted by Gasteiger charge is -2.07. The first-order chi connectivity index (χ1) is 15.5. The van der Waals surface area contributed by atoms with E-state index in [2.05, 4.69) is 5.32 Å². The Balaban J connectivity index is 1.65. The summed E-state index contributed by atoms with van der Waals surface area (Å²) in [5.41, 5.74) is 11.2. The van der Waals surface area contributed by atoms with E-state index in [-0.39, 0.29) is 5.91 Å². The number of anilines is 2. The lowest BCUT2D eigenvalue weighted by atomic mass is 10.0. The first-order valence-corrected chi connectivity index (χ1v) is 11.1. The summed E-state index contributed by atoms with van der Waals surface area (Å²) in [7, 11) is 0. The number of rotatable bonds is 4. The van der Waals surface area contributed by atoms with Crippen molar-refractivity contribution in [3.05, 3.63) is 88.5 Å². The minimum Gasteiger partial charge on any atom is -0.464 e. The van der Waals surface area contributed by atoms with E-state index in [1.54, 1.807) is 30.5 Å². The lowest BCUT2D eigenvalue weighted by molar-refractivity contribution is 0.103. The third-order valence-corrected chi connectivity index (χ3v) is 6.45. The lowest BCUT2D eigenvalue weighted by Crippen LogP contribution is -2.11. The molecule has 0 atom stereocenters. The monoisotopic (exact) mass is 459 g/mol. The van der Waals surface area contributed by atoms with Gasteiger partial charge in [-0.1, -0.05) is 47.5 Å². The predicted octanol–water partition coefficient (Wildman–Crippen LogP) is 7.02. The van der Waals surface area contributed by atoms with E-state index < -0.39 is 0 Å². The summed E-state index contributed by atoms with van der Waals surface area (Å²) in [4.78, 5) is 18.9. The van der Waals surface area contributed by atoms with Crippen molar-refractivity contribution < 1.29 is 9.21 Å². The summed E-state index contributed by atoms with van der Waals surface area (Å²) in [6.07, 6.45) is 1.61.